The molecule has 0 heterocycles. The lowest BCUT2D eigenvalue weighted by Crippen LogP contribution is -2.18. The molecule has 0 N–H and O–H groups in total. The third-order valence-corrected chi connectivity index (χ3v) is 4.67. The summed E-state index contributed by atoms with van der Waals surface area (Å²) in [5, 5.41) is 0. The Morgan fingerprint density at radius 3 is 2.06 bits per heavy atom. The van der Waals surface area contributed by atoms with E-state index in [9.17, 15) is 13.0 Å². The molecule has 108 valence electrons. The fourth-order valence-corrected chi connectivity index (χ4v) is 2.21. The third kappa shape index (κ3) is 14.2. The van der Waals surface area contributed by atoms with Crippen LogP contribution in [-0.2, 0) is 10.1 Å². The average Bonchev–Trinajstić information content (AvgIpc) is 2.16. The van der Waals surface area contributed by atoms with Crippen LogP contribution in [0.25, 0.3) is 0 Å². The molecule has 0 aliphatic rings. The van der Waals surface area contributed by atoms with Gasteiger partial charge < -0.3 is 9.45 Å². The van der Waals surface area contributed by atoms with Crippen molar-refractivity contribution in [2.45, 2.75) is 13.3 Å². The molecule has 5 nitrogen and oxygen atoms in total. The predicted molar refractivity (Wildman–Crippen MR) is 84.8 cm³/mol. The normalized spacial score (nSPS) is 10.2. The first kappa shape index (κ1) is 20.5. The Labute approximate surface area is 125 Å². The van der Waals surface area contributed by atoms with Crippen molar-refractivity contribution in [3.05, 3.63) is 0 Å². The highest BCUT2D eigenvalue weighted by Crippen LogP contribution is 2.10. The van der Waals surface area contributed by atoms with Gasteiger partial charge in [-0.2, -0.15) is 0 Å². The van der Waals surface area contributed by atoms with E-state index in [2.05, 4.69) is 12.6 Å². The number of hydrogen-bond donors (Lipinski definition) is 1. The summed E-state index contributed by atoms with van der Waals surface area (Å²) in [5.74, 6) is -0.243. The van der Waals surface area contributed by atoms with Gasteiger partial charge in [0.1, 0.15) is 18.4 Å². The number of nitrogens with zero attached hydrogens (tertiary/aromatic N) is 2. The van der Waals surface area contributed by atoms with E-state index in [4.69, 9.17) is 12.2 Å². The molecule has 0 aromatic heterocycles. The molecule has 0 spiro atoms. The second kappa shape index (κ2) is 10.0. The van der Waals surface area contributed by atoms with Crippen molar-refractivity contribution in [1.82, 2.24) is 4.90 Å². The van der Waals surface area contributed by atoms with Gasteiger partial charge in [0, 0.05) is 31.6 Å². The summed E-state index contributed by atoms with van der Waals surface area (Å²) in [6, 6.07) is 0. The molecule has 0 aromatic rings. The quantitative estimate of drug-likeness (QED) is 0.204. The van der Waals surface area contributed by atoms with Crippen molar-refractivity contribution in [2.75, 3.05) is 33.9 Å². The van der Waals surface area contributed by atoms with Crippen LogP contribution in [0.4, 0.5) is 0 Å². The molecule has 0 saturated carbocycles. The second-order valence-electron chi connectivity index (χ2n) is 3.70. The molecule has 0 aliphatic carbocycles. The number of thiocarbonyl (C=S) groups is 1. The maximum Gasteiger partial charge on any atom is 0.273 e. The zero-order valence-electron chi connectivity index (χ0n) is 11.2. The van der Waals surface area contributed by atoms with Gasteiger partial charge in [0.2, 0.25) is 0 Å². The molecule has 0 aliphatic heterocycles. The standard InChI is InChI=1S/C6H12N2S3.C3H8O3S/c1-7(2)5(9)11-6(10)8(3)4;1-2-3-7(4,5)6/h1-4H3;2-3H2,1H3,(H,4,5,6). The van der Waals surface area contributed by atoms with Crippen molar-refractivity contribution in [1.29, 1.82) is 0 Å². The van der Waals surface area contributed by atoms with Crippen molar-refractivity contribution in [2.24, 2.45) is 0 Å². The monoisotopic (exact) mass is 332 g/mol. The smallest absolute Gasteiger partial charge is 0.273 e. The highest BCUT2D eigenvalue weighted by atomic mass is 32.2. The van der Waals surface area contributed by atoms with Gasteiger partial charge in [0.15, 0.2) is 0 Å². The number of thioether (sulfide) groups is 1. The summed E-state index contributed by atoms with van der Waals surface area (Å²) < 4.78 is 32.7. The minimum Gasteiger partial charge on any atom is -0.748 e. The first-order chi connectivity index (χ1) is 8.01. The molecule has 9 heteroatoms. The van der Waals surface area contributed by atoms with Crippen LogP contribution < -0.4 is 0 Å². The highest BCUT2D eigenvalue weighted by molar-refractivity contribution is 8.43. The molecule has 0 radical (unpaired) electrons. The Bertz CT molecular complexity index is 387. The van der Waals surface area contributed by atoms with E-state index < -0.39 is 10.1 Å². The molecule has 0 amide bonds. The lowest BCUT2D eigenvalue weighted by Gasteiger charge is -2.10. The molecule has 0 rings (SSSR count). The third-order valence-electron chi connectivity index (χ3n) is 1.38. The fraction of sp³-hybridized carbons (Fsp3) is 0.778. The molecule has 0 unspecified atom stereocenters. The lowest BCUT2D eigenvalue weighted by molar-refractivity contribution is -0.458. The lowest BCUT2D eigenvalue weighted by atomic mass is 10.6. The topological polar surface area (TPSA) is 63.5 Å². The summed E-state index contributed by atoms with van der Waals surface area (Å²) in [6.45, 7) is 1.65. The van der Waals surface area contributed by atoms with Crippen LogP contribution in [0, 0.1) is 0 Å². The van der Waals surface area contributed by atoms with Crippen molar-refractivity contribution >= 4 is 55.4 Å². The molecule has 18 heavy (non-hydrogen) atoms. The molecular formula is C9H20N2O3S4. The van der Waals surface area contributed by atoms with Crippen molar-refractivity contribution in [3.63, 3.8) is 0 Å². The molecule has 0 bridgehead atoms. The number of hydrogen-bond acceptors (Lipinski definition) is 5. The van der Waals surface area contributed by atoms with Crippen LogP contribution in [-0.4, -0.2) is 65.1 Å². The molecule has 0 aromatic carbocycles. The number of rotatable bonds is 2. The van der Waals surface area contributed by atoms with Gasteiger partial charge in [-0.3, -0.25) is 0 Å². The van der Waals surface area contributed by atoms with E-state index >= 15 is 0 Å². The number of thiol groups is 1. The van der Waals surface area contributed by atoms with Crippen LogP contribution >= 0.6 is 36.6 Å². The summed E-state index contributed by atoms with van der Waals surface area (Å²) >= 11 is 10.8. The first-order valence-corrected chi connectivity index (χ1v) is 8.32. The van der Waals surface area contributed by atoms with Crippen LogP contribution in [0.15, 0.2) is 0 Å². The average molecular weight is 333 g/mol. The van der Waals surface area contributed by atoms with Gasteiger partial charge in [-0.05, 0) is 6.42 Å². The largest absolute Gasteiger partial charge is 0.748 e. The van der Waals surface area contributed by atoms with E-state index in [0.717, 1.165) is 8.70 Å². The van der Waals surface area contributed by atoms with Crippen molar-refractivity contribution < 1.29 is 17.5 Å². The highest BCUT2D eigenvalue weighted by Gasteiger charge is 2.08. The Balaban J connectivity index is 0. The minimum absolute atomic E-state index is 0.243. The minimum atomic E-state index is -3.92. The summed E-state index contributed by atoms with van der Waals surface area (Å²) in [7, 11) is 3.80. The van der Waals surface area contributed by atoms with E-state index in [0.29, 0.717) is 6.42 Å². The Morgan fingerprint density at radius 1 is 1.44 bits per heavy atom. The summed E-state index contributed by atoms with van der Waals surface area (Å²) in [4.78, 5) is 1.89. The van der Waals surface area contributed by atoms with E-state index in [1.165, 1.54) is 11.8 Å². The van der Waals surface area contributed by atoms with Crippen LogP contribution in [0.5, 0.6) is 0 Å². The van der Waals surface area contributed by atoms with Gasteiger partial charge in [0.05, 0.1) is 10.1 Å². The molecule has 0 atom stereocenters. The van der Waals surface area contributed by atoms with Gasteiger partial charge in [-0.1, -0.05) is 31.8 Å². The molecule has 0 saturated heterocycles. The van der Waals surface area contributed by atoms with Gasteiger partial charge >= 0.3 is 0 Å². The Kier molecular flexibility index (Phi) is 11.4. The van der Waals surface area contributed by atoms with Crippen LogP contribution in [0.2, 0.25) is 0 Å². The van der Waals surface area contributed by atoms with Gasteiger partial charge in [-0.15, -0.1) is 0 Å². The van der Waals surface area contributed by atoms with Crippen molar-refractivity contribution in [3.8, 4) is 0 Å². The zero-order chi connectivity index (χ0) is 14.9. The fourth-order valence-electron chi connectivity index (χ4n) is 0.511. The van der Waals surface area contributed by atoms with E-state index in [-0.39, 0.29) is 5.75 Å². The van der Waals surface area contributed by atoms with Gasteiger partial charge in [-0.25, -0.2) is 13.0 Å². The van der Waals surface area contributed by atoms with E-state index in [1.54, 1.807) is 6.92 Å². The van der Waals surface area contributed by atoms with E-state index in [1.807, 2.05) is 37.7 Å². The predicted octanol–water partition coefficient (Wildman–Crippen LogP) is 1.07. The first-order valence-electron chi connectivity index (χ1n) is 5.07. The van der Waals surface area contributed by atoms with Crippen LogP contribution in [0.3, 0.4) is 0 Å². The zero-order valence-corrected chi connectivity index (χ0v) is 14.5. The molecular weight excluding hydrogens is 312 g/mol. The summed E-state index contributed by atoms with van der Waals surface area (Å²) in [6.07, 6.45) is 0.409. The Morgan fingerprint density at radius 2 is 1.89 bits per heavy atom. The Hall–Kier alpha value is 0.170. The molecule has 0 fully saturated rings. The second-order valence-corrected chi connectivity index (χ2v) is 7.57. The maximum absolute atomic E-state index is 9.68. The summed E-state index contributed by atoms with van der Waals surface area (Å²) in [5.41, 5.74) is 0. The van der Waals surface area contributed by atoms with Crippen LogP contribution in [0.1, 0.15) is 13.3 Å². The maximum atomic E-state index is 9.68. The van der Waals surface area contributed by atoms with Gasteiger partial charge in [0.25, 0.3) is 4.38 Å². The SMILES string of the molecule is CCCS(=O)(=O)[O-].CN(C)C(=S)SC(S)=[N+](C)C.